The van der Waals surface area contributed by atoms with Crippen molar-refractivity contribution in [1.82, 2.24) is 10.2 Å². The van der Waals surface area contributed by atoms with Gasteiger partial charge in [-0.3, -0.25) is 9.59 Å². The van der Waals surface area contributed by atoms with Gasteiger partial charge in [-0.15, -0.1) is 0 Å². The zero-order chi connectivity index (χ0) is 18.2. The van der Waals surface area contributed by atoms with Gasteiger partial charge < -0.3 is 15.0 Å². The molecular formula is C17H30N2O4S. The van der Waals surface area contributed by atoms with Gasteiger partial charge >= 0.3 is 6.09 Å². The summed E-state index contributed by atoms with van der Waals surface area (Å²) < 4.78 is 5.16. The second-order valence-electron chi connectivity index (χ2n) is 7.12. The first-order valence-electron chi connectivity index (χ1n) is 8.59. The van der Waals surface area contributed by atoms with Crippen molar-refractivity contribution in [2.45, 2.75) is 70.7 Å². The third-order valence-corrected chi connectivity index (χ3v) is 4.52. The lowest BCUT2D eigenvalue weighted by atomic mass is 10.2. The molecule has 1 rings (SSSR count). The van der Waals surface area contributed by atoms with E-state index in [1.807, 2.05) is 25.7 Å². The number of alkyl carbamates (subject to hydrolysis) is 1. The van der Waals surface area contributed by atoms with Gasteiger partial charge in [0.1, 0.15) is 5.60 Å². The highest BCUT2D eigenvalue weighted by Gasteiger charge is 2.30. The largest absolute Gasteiger partial charge is 0.444 e. The smallest absolute Gasteiger partial charge is 0.407 e. The Morgan fingerprint density at radius 3 is 2.54 bits per heavy atom. The molecule has 0 radical (unpaired) electrons. The fraction of sp³-hybridized carbons (Fsp3) is 0.824. The van der Waals surface area contributed by atoms with Crippen LogP contribution in [0.15, 0.2) is 0 Å². The van der Waals surface area contributed by atoms with Crippen LogP contribution < -0.4 is 5.32 Å². The number of carbonyl (C=O) groups excluding carboxylic acids is 3. The van der Waals surface area contributed by atoms with Crippen LogP contribution in [0.5, 0.6) is 0 Å². The summed E-state index contributed by atoms with van der Waals surface area (Å²) in [5.74, 6) is 0.153. The second kappa shape index (κ2) is 9.91. The Kier molecular flexibility index (Phi) is 8.59. The number of hydrogen-bond acceptors (Lipinski definition) is 5. The van der Waals surface area contributed by atoms with Crippen molar-refractivity contribution in [3.8, 4) is 0 Å². The van der Waals surface area contributed by atoms with E-state index >= 15 is 0 Å². The number of nitrogens with zero attached hydrogens (tertiary/aromatic N) is 1. The van der Waals surface area contributed by atoms with E-state index < -0.39 is 5.60 Å². The van der Waals surface area contributed by atoms with E-state index in [1.165, 1.54) is 11.8 Å². The fourth-order valence-corrected chi connectivity index (χ4v) is 3.50. The molecule has 0 aromatic heterocycles. The standard InChI is InChI=1S/C17H30N2O4S/c1-13(20)24-14-11-15(21)19(12-14)10-8-6-5-7-9-18-16(22)23-17(2,3)4/h14H,5-12H2,1-4H3,(H,18,22). The maximum Gasteiger partial charge on any atom is 0.407 e. The summed E-state index contributed by atoms with van der Waals surface area (Å²) in [4.78, 5) is 36.3. The Morgan fingerprint density at radius 2 is 1.92 bits per heavy atom. The fourth-order valence-electron chi connectivity index (χ4n) is 2.55. The maximum atomic E-state index is 11.9. The third kappa shape index (κ3) is 9.15. The minimum atomic E-state index is -0.467. The normalized spacial score (nSPS) is 17.9. The highest BCUT2D eigenvalue weighted by Crippen LogP contribution is 2.24. The van der Waals surface area contributed by atoms with Crippen molar-refractivity contribution < 1.29 is 19.1 Å². The minimum Gasteiger partial charge on any atom is -0.444 e. The van der Waals surface area contributed by atoms with Crippen molar-refractivity contribution in [2.75, 3.05) is 19.6 Å². The molecule has 6 nitrogen and oxygen atoms in total. The molecule has 1 aliphatic heterocycles. The van der Waals surface area contributed by atoms with Gasteiger partial charge in [-0.2, -0.15) is 0 Å². The van der Waals surface area contributed by atoms with Crippen molar-refractivity contribution in [3.05, 3.63) is 0 Å². The zero-order valence-electron chi connectivity index (χ0n) is 15.2. The van der Waals surface area contributed by atoms with Crippen molar-refractivity contribution in [2.24, 2.45) is 0 Å². The minimum absolute atomic E-state index is 0.0761. The number of likely N-dealkylation sites (tertiary alicyclic amines) is 1. The molecule has 1 aliphatic rings. The first kappa shape index (κ1) is 20.8. The molecule has 1 atom stereocenters. The quantitative estimate of drug-likeness (QED) is 0.675. The molecule has 1 fully saturated rings. The van der Waals surface area contributed by atoms with Gasteiger partial charge in [0, 0.05) is 38.2 Å². The average Bonchev–Trinajstić information content (AvgIpc) is 2.74. The number of nitrogens with one attached hydrogen (secondary N) is 1. The lowest BCUT2D eigenvalue weighted by Gasteiger charge is -2.19. The molecule has 0 aliphatic carbocycles. The van der Waals surface area contributed by atoms with E-state index in [1.54, 1.807) is 6.92 Å². The van der Waals surface area contributed by atoms with Gasteiger partial charge in [0.2, 0.25) is 5.91 Å². The van der Waals surface area contributed by atoms with Crippen LogP contribution in [0.4, 0.5) is 4.79 Å². The molecule has 0 aromatic rings. The van der Waals surface area contributed by atoms with Crippen LogP contribution in [0.2, 0.25) is 0 Å². The summed E-state index contributed by atoms with van der Waals surface area (Å²) in [6.45, 7) is 9.11. The predicted molar refractivity (Wildman–Crippen MR) is 96.0 cm³/mol. The van der Waals surface area contributed by atoms with Crippen LogP contribution >= 0.6 is 11.8 Å². The Balaban J connectivity index is 2.03. The van der Waals surface area contributed by atoms with Crippen molar-refractivity contribution >= 4 is 28.9 Å². The zero-order valence-corrected chi connectivity index (χ0v) is 16.0. The Morgan fingerprint density at radius 1 is 1.25 bits per heavy atom. The molecular weight excluding hydrogens is 328 g/mol. The number of amides is 2. The lowest BCUT2D eigenvalue weighted by molar-refractivity contribution is -0.127. The summed E-state index contributed by atoms with van der Waals surface area (Å²) in [6, 6.07) is 0. The van der Waals surface area contributed by atoms with E-state index in [0.29, 0.717) is 19.5 Å². The molecule has 0 bridgehead atoms. The van der Waals surface area contributed by atoms with Crippen LogP contribution in [0, 0.1) is 0 Å². The van der Waals surface area contributed by atoms with Gasteiger partial charge in [-0.05, 0) is 33.6 Å². The number of carbonyl (C=O) groups is 3. The molecule has 1 heterocycles. The van der Waals surface area contributed by atoms with Crippen LogP contribution in [0.25, 0.3) is 0 Å². The lowest BCUT2D eigenvalue weighted by Crippen LogP contribution is -2.33. The first-order chi connectivity index (χ1) is 11.2. The van der Waals surface area contributed by atoms with E-state index in [0.717, 1.165) is 32.2 Å². The van der Waals surface area contributed by atoms with E-state index in [-0.39, 0.29) is 22.4 Å². The first-order valence-corrected chi connectivity index (χ1v) is 9.47. The van der Waals surface area contributed by atoms with Crippen molar-refractivity contribution in [3.63, 3.8) is 0 Å². The van der Waals surface area contributed by atoms with E-state index in [9.17, 15) is 14.4 Å². The molecule has 24 heavy (non-hydrogen) atoms. The molecule has 1 saturated heterocycles. The highest BCUT2D eigenvalue weighted by atomic mass is 32.2. The van der Waals surface area contributed by atoms with Gasteiger partial charge in [0.15, 0.2) is 5.12 Å². The molecule has 7 heteroatoms. The van der Waals surface area contributed by atoms with Gasteiger partial charge in [-0.1, -0.05) is 24.6 Å². The second-order valence-corrected chi connectivity index (χ2v) is 8.60. The number of unbranched alkanes of at least 4 members (excludes halogenated alkanes) is 3. The summed E-state index contributed by atoms with van der Waals surface area (Å²) in [6.07, 6.45) is 3.97. The SMILES string of the molecule is CC(=O)SC1CC(=O)N(CCCCCCNC(=O)OC(C)(C)C)C1. The maximum absolute atomic E-state index is 11.9. The average molecular weight is 359 g/mol. The van der Waals surface area contributed by atoms with E-state index in [4.69, 9.17) is 4.74 Å². The monoisotopic (exact) mass is 358 g/mol. The van der Waals surface area contributed by atoms with Gasteiger partial charge in [0.05, 0.1) is 0 Å². The van der Waals surface area contributed by atoms with Crippen LogP contribution in [-0.4, -0.2) is 52.5 Å². The molecule has 138 valence electrons. The predicted octanol–water partition coefficient (Wildman–Crippen LogP) is 2.95. The number of rotatable bonds is 8. The van der Waals surface area contributed by atoms with Crippen LogP contribution in [-0.2, 0) is 14.3 Å². The summed E-state index contributed by atoms with van der Waals surface area (Å²) in [7, 11) is 0. The molecule has 1 N–H and O–H groups in total. The molecule has 0 saturated carbocycles. The number of hydrogen-bond donors (Lipinski definition) is 1. The Hall–Kier alpha value is -1.24. The van der Waals surface area contributed by atoms with Crippen LogP contribution in [0.1, 0.15) is 59.8 Å². The molecule has 0 aromatic carbocycles. The summed E-state index contributed by atoms with van der Waals surface area (Å²) in [5.41, 5.74) is -0.467. The topological polar surface area (TPSA) is 75.7 Å². The summed E-state index contributed by atoms with van der Waals surface area (Å²) >= 11 is 1.27. The van der Waals surface area contributed by atoms with Crippen LogP contribution in [0.3, 0.4) is 0 Å². The Labute approximate surface area is 149 Å². The number of ether oxygens (including phenoxy) is 1. The highest BCUT2D eigenvalue weighted by molar-refractivity contribution is 8.14. The van der Waals surface area contributed by atoms with Gasteiger partial charge in [-0.25, -0.2) is 4.79 Å². The molecule has 0 spiro atoms. The number of thioether (sulfide) groups is 1. The third-order valence-electron chi connectivity index (χ3n) is 3.53. The molecule has 1 unspecified atom stereocenters. The van der Waals surface area contributed by atoms with Crippen molar-refractivity contribution in [1.29, 1.82) is 0 Å². The van der Waals surface area contributed by atoms with Gasteiger partial charge in [0.25, 0.3) is 0 Å². The Bertz CT molecular complexity index is 448. The summed E-state index contributed by atoms with van der Waals surface area (Å²) in [5, 5.41) is 2.94. The molecule has 2 amide bonds. The van der Waals surface area contributed by atoms with E-state index in [2.05, 4.69) is 5.32 Å².